The van der Waals surface area contributed by atoms with E-state index in [1.54, 1.807) is 0 Å². The largest absolute Gasteiger partial charge is 1.00 e. The summed E-state index contributed by atoms with van der Waals surface area (Å²) in [5, 5.41) is 51.5. The molecule has 0 aromatic heterocycles. The molecule has 0 aliphatic carbocycles. The van der Waals surface area contributed by atoms with Gasteiger partial charge in [-0.1, -0.05) is 0 Å². The third-order valence-corrected chi connectivity index (χ3v) is 1.50. The van der Waals surface area contributed by atoms with Crippen LogP contribution in [0.4, 0.5) is 0 Å². The fourth-order valence-corrected chi connectivity index (χ4v) is 0.666. The monoisotopic (exact) mass is 234 g/mol. The van der Waals surface area contributed by atoms with Gasteiger partial charge in [-0.05, 0) is 0 Å². The van der Waals surface area contributed by atoms with Crippen LogP contribution in [-0.2, 0) is 9.59 Å². The molecule has 0 fully saturated rings. The molecular weight excluding hydrogens is 223 g/mol. The molecule has 0 saturated heterocycles. The predicted octanol–water partition coefficient (Wildman–Crippen LogP) is -6.28. The van der Waals surface area contributed by atoms with E-state index in [0.717, 1.165) is 0 Å². The van der Waals surface area contributed by atoms with E-state index < -0.39 is 36.4 Å². The summed E-state index contributed by atoms with van der Waals surface area (Å²) in [6.07, 6.45) is -9.28. The van der Waals surface area contributed by atoms with Gasteiger partial charge >= 0.3 is 41.5 Å². The van der Waals surface area contributed by atoms with Crippen molar-refractivity contribution >= 4 is 11.9 Å². The zero-order chi connectivity index (χ0) is 11.5. The smallest absolute Gasteiger partial charge is 1.00 e. The molecule has 0 aliphatic rings. The van der Waals surface area contributed by atoms with E-state index in [-0.39, 0.29) is 31.0 Å². The number of carboxylic acids is 2. The molecule has 0 bridgehead atoms. The van der Waals surface area contributed by atoms with Gasteiger partial charge in [0.2, 0.25) is 0 Å². The maximum Gasteiger partial charge on any atom is 1.00 e. The Kier molecular flexibility index (Phi) is 8.16. The fraction of sp³-hybridized carbons (Fsp3) is 0.667. The van der Waals surface area contributed by atoms with Crippen LogP contribution in [0.3, 0.4) is 0 Å². The maximum atomic E-state index is 10.1. The van der Waals surface area contributed by atoms with Crippen LogP contribution in [0.2, 0.25) is 0 Å². The van der Waals surface area contributed by atoms with Crippen LogP contribution < -0.4 is 29.6 Å². The third kappa shape index (κ3) is 4.89. The number of hydrogen-bond donors (Lipinski definition) is 6. The van der Waals surface area contributed by atoms with E-state index in [9.17, 15) is 9.59 Å². The van der Waals surface area contributed by atoms with Crippen LogP contribution in [-0.4, -0.2) is 67.0 Å². The molecule has 0 amide bonds. The fourth-order valence-electron chi connectivity index (χ4n) is 0.666. The van der Waals surface area contributed by atoms with Gasteiger partial charge in [0, 0.05) is 0 Å². The molecule has 0 radical (unpaired) electrons. The van der Waals surface area contributed by atoms with Crippen LogP contribution in [0.5, 0.6) is 0 Å². The zero-order valence-corrected chi connectivity index (χ0v) is 9.81. The summed E-state index contributed by atoms with van der Waals surface area (Å²) in [7, 11) is 0. The minimum absolute atomic E-state index is 0. The van der Waals surface area contributed by atoms with Crippen molar-refractivity contribution in [2.24, 2.45) is 0 Å². The predicted molar refractivity (Wildman–Crippen MR) is 40.4 cm³/mol. The first kappa shape index (κ1) is 17.2. The molecule has 0 aliphatic heterocycles. The number of carbonyl (C=O) groups is 2. The van der Waals surface area contributed by atoms with Crippen molar-refractivity contribution in [3.05, 3.63) is 0 Å². The number of rotatable bonds is 5. The molecule has 0 unspecified atom stereocenters. The molecule has 0 aromatic rings. The van der Waals surface area contributed by atoms with Crippen molar-refractivity contribution in [1.29, 1.82) is 0 Å². The number of hydrogen-bond acceptors (Lipinski definition) is 6. The third-order valence-electron chi connectivity index (χ3n) is 1.50. The van der Waals surface area contributed by atoms with E-state index in [2.05, 4.69) is 0 Å². The number of aliphatic carboxylic acids is 2. The van der Waals surface area contributed by atoms with Gasteiger partial charge < -0.3 is 32.1 Å². The van der Waals surface area contributed by atoms with E-state index in [4.69, 9.17) is 30.6 Å². The molecule has 9 heteroatoms. The number of aliphatic hydroxyl groups is 4. The van der Waals surface area contributed by atoms with Crippen LogP contribution in [0.1, 0.15) is 1.43 Å². The molecule has 8 nitrogen and oxygen atoms in total. The second-order valence-corrected chi connectivity index (χ2v) is 2.55. The molecule has 15 heavy (non-hydrogen) atoms. The molecular formula is C6H11NaO8. The number of aliphatic hydroxyl groups excluding tert-OH is 4. The van der Waals surface area contributed by atoms with Crippen LogP contribution >= 0.6 is 0 Å². The van der Waals surface area contributed by atoms with Crippen molar-refractivity contribution in [1.82, 2.24) is 0 Å². The minimum atomic E-state index is -2.36. The second-order valence-electron chi connectivity index (χ2n) is 2.55. The Morgan fingerprint density at radius 3 is 1.13 bits per heavy atom. The van der Waals surface area contributed by atoms with E-state index >= 15 is 0 Å². The van der Waals surface area contributed by atoms with Crippen molar-refractivity contribution in [3.8, 4) is 0 Å². The first-order chi connectivity index (χ1) is 6.29. The van der Waals surface area contributed by atoms with Gasteiger partial charge in [0.15, 0.2) is 12.2 Å². The van der Waals surface area contributed by atoms with Crippen LogP contribution in [0.15, 0.2) is 0 Å². The van der Waals surface area contributed by atoms with E-state index in [1.807, 2.05) is 0 Å². The van der Waals surface area contributed by atoms with Gasteiger partial charge in [0.1, 0.15) is 12.2 Å². The van der Waals surface area contributed by atoms with Crippen LogP contribution in [0.25, 0.3) is 0 Å². The summed E-state index contributed by atoms with van der Waals surface area (Å²) >= 11 is 0. The Bertz CT molecular complexity index is 213. The number of carboxylic acid groups (broad SMARTS) is 2. The maximum absolute atomic E-state index is 10.1. The van der Waals surface area contributed by atoms with Gasteiger partial charge in [0.25, 0.3) is 0 Å². The second kappa shape index (κ2) is 7.12. The van der Waals surface area contributed by atoms with E-state index in [0.29, 0.717) is 0 Å². The quantitative estimate of drug-likeness (QED) is 0.256. The Morgan fingerprint density at radius 2 is 1.00 bits per heavy atom. The SMILES string of the molecule is O=C(O)[C@@H](O)[C@H](O)[C@H](O)[C@@H](O)C(=O)O.[H-].[Na+]. The summed E-state index contributed by atoms with van der Waals surface area (Å²) in [6.45, 7) is 0. The molecule has 0 aromatic carbocycles. The average molecular weight is 234 g/mol. The summed E-state index contributed by atoms with van der Waals surface area (Å²) in [4.78, 5) is 20.2. The molecule has 4 atom stereocenters. The summed E-state index contributed by atoms with van der Waals surface area (Å²) < 4.78 is 0. The Labute approximate surface area is 108 Å². The average Bonchev–Trinajstić information content (AvgIpc) is 2.12. The van der Waals surface area contributed by atoms with Crippen molar-refractivity contribution in [2.45, 2.75) is 24.4 Å². The standard InChI is InChI=1S/C6H10O8.Na.H/c7-1(3(9)5(11)12)2(8)4(10)6(13)14;;/h1-4,7-10H,(H,11,12)(H,13,14);;/q;+1;-1/t1-,2+,3+,4-;;. The van der Waals surface area contributed by atoms with Gasteiger partial charge in [0.05, 0.1) is 0 Å². The van der Waals surface area contributed by atoms with E-state index in [1.165, 1.54) is 0 Å². The molecule has 6 N–H and O–H groups in total. The van der Waals surface area contributed by atoms with Gasteiger partial charge in [-0.2, -0.15) is 0 Å². The molecule has 0 saturated carbocycles. The van der Waals surface area contributed by atoms with Gasteiger partial charge in [-0.3, -0.25) is 0 Å². The van der Waals surface area contributed by atoms with Crippen molar-refractivity contribution < 1.29 is 71.2 Å². The van der Waals surface area contributed by atoms with Gasteiger partial charge in [-0.15, -0.1) is 0 Å². The topological polar surface area (TPSA) is 156 Å². The van der Waals surface area contributed by atoms with Gasteiger partial charge in [-0.25, -0.2) is 9.59 Å². The minimum Gasteiger partial charge on any atom is -1.00 e. The summed E-state index contributed by atoms with van der Waals surface area (Å²) in [6, 6.07) is 0. The Balaban J connectivity index is -0.000000845. The summed E-state index contributed by atoms with van der Waals surface area (Å²) in [5.41, 5.74) is 0. The molecule has 0 rings (SSSR count). The Hall–Kier alpha value is -0.220. The normalized spacial score (nSPS) is 18.1. The zero-order valence-electron chi connectivity index (χ0n) is 8.81. The molecule has 84 valence electrons. The Morgan fingerprint density at radius 1 is 0.800 bits per heavy atom. The summed E-state index contributed by atoms with van der Waals surface area (Å²) in [5.74, 6) is -3.68. The van der Waals surface area contributed by atoms with Crippen molar-refractivity contribution in [2.75, 3.05) is 0 Å². The van der Waals surface area contributed by atoms with Crippen LogP contribution in [0, 0.1) is 0 Å². The molecule has 0 spiro atoms. The molecule has 0 heterocycles. The van der Waals surface area contributed by atoms with Crippen molar-refractivity contribution in [3.63, 3.8) is 0 Å². The first-order valence-electron chi connectivity index (χ1n) is 3.47. The first-order valence-corrected chi connectivity index (χ1v) is 3.47.